The van der Waals surface area contributed by atoms with Crippen LogP contribution < -0.4 is 5.73 Å². The number of hydrogen-bond acceptors (Lipinski definition) is 3. The first kappa shape index (κ1) is 12.5. The normalized spacial score (nSPS) is 10.8. The van der Waals surface area contributed by atoms with Crippen molar-refractivity contribution in [3.05, 3.63) is 39.6 Å². The Labute approximate surface area is 113 Å². The molecule has 0 fully saturated rings. The Bertz CT molecular complexity index is 512. The Hall–Kier alpha value is -0.910. The van der Waals surface area contributed by atoms with Gasteiger partial charge in [-0.05, 0) is 53.5 Å². The molecule has 2 aromatic rings. The van der Waals surface area contributed by atoms with Crippen molar-refractivity contribution >= 4 is 27.5 Å². The molecule has 1 aromatic carbocycles. The fourth-order valence-electron chi connectivity index (χ4n) is 1.48. The van der Waals surface area contributed by atoms with Crippen molar-refractivity contribution < 1.29 is 0 Å². The topological polar surface area (TPSA) is 56.7 Å². The molecule has 2 N–H and O–H groups in total. The summed E-state index contributed by atoms with van der Waals surface area (Å²) in [5.41, 5.74) is 7.32. The van der Waals surface area contributed by atoms with Gasteiger partial charge in [0.2, 0.25) is 0 Å². The van der Waals surface area contributed by atoms with E-state index in [2.05, 4.69) is 26.2 Å². The van der Waals surface area contributed by atoms with Crippen molar-refractivity contribution in [1.82, 2.24) is 15.0 Å². The van der Waals surface area contributed by atoms with E-state index in [1.54, 1.807) is 4.68 Å². The van der Waals surface area contributed by atoms with Crippen LogP contribution in [0.4, 0.5) is 0 Å². The predicted octanol–water partition coefficient (Wildman–Crippen LogP) is 2.57. The van der Waals surface area contributed by atoms with Crippen molar-refractivity contribution in [2.75, 3.05) is 6.54 Å². The van der Waals surface area contributed by atoms with Crippen LogP contribution in [-0.4, -0.2) is 21.5 Å². The molecule has 0 saturated heterocycles. The zero-order chi connectivity index (χ0) is 12.3. The molecule has 2 rings (SSSR count). The first-order chi connectivity index (χ1) is 8.20. The Balaban J connectivity index is 2.24. The number of nitrogens with zero attached hydrogens (tertiary/aromatic N) is 3. The molecule has 0 bridgehead atoms. The van der Waals surface area contributed by atoms with E-state index in [9.17, 15) is 0 Å². The maximum absolute atomic E-state index is 5.89. The van der Waals surface area contributed by atoms with Crippen LogP contribution in [0.1, 0.15) is 12.1 Å². The maximum atomic E-state index is 5.89. The van der Waals surface area contributed by atoms with Crippen LogP contribution in [0.3, 0.4) is 0 Å². The number of hydrogen-bond donors (Lipinski definition) is 1. The van der Waals surface area contributed by atoms with Crippen molar-refractivity contribution in [1.29, 1.82) is 0 Å². The summed E-state index contributed by atoms with van der Waals surface area (Å²) in [4.78, 5) is 0. The number of halogens is 2. The quantitative estimate of drug-likeness (QED) is 0.943. The maximum Gasteiger partial charge on any atom is 0.0832 e. The van der Waals surface area contributed by atoms with Gasteiger partial charge >= 0.3 is 0 Å². The molecular formula is C11H12BrClN4. The summed E-state index contributed by atoms with van der Waals surface area (Å²) in [5.74, 6) is 0. The summed E-state index contributed by atoms with van der Waals surface area (Å²) < 4.78 is 2.62. The minimum absolute atomic E-state index is 0.664. The monoisotopic (exact) mass is 314 g/mol. The lowest BCUT2D eigenvalue weighted by molar-refractivity contribution is 0.777. The number of rotatable bonds is 4. The van der Waals surface area contributed by atoms with E-state index >= 15 is 0 Å². The van der Waals surface area contributed by atoms with Gasteiger partial charge in [-0.15, -0.1) is 5.10 Å². The Morgan fingerprint density at radius 3 is 2.94 bits per heavy atom. The second kappa shape index (κ2) is 5.62. The predicted molar refractivity (Wildman–Crippen MR) is 71.4 cm³/mol. The number of aromatic nitrogens is 3. The van der Waals surface area contributed by atoms with E-state index in [1.807, 2.05) is 24.4 Å². The van der Waals surface area contributed by atoms with Crippen molar-refractivity contribution in [3.8, 4) is 5.69 Å². The van der Waals surface area contributed by atoms with E-state index < -0.39 is 0 Å². The number of nitrogens with two attached hydrogens (primary N) is 1. The van der Waals surface area contributed by atoms with E-state index in [1.165, 1.54) is 0 Å². The lowest BCUT2D eigenvalue weighted by atomic mass is 10.2. The molecule has 90 valence electrons. The minimum Gasteiger partial charge on any atom is -0.330 e. The molecular weight excluding hydrogens is 304 g/mol. The first-order valence-corrected chi connectivity index (χ1v) is 6.44. The summed E-state index contributed by atoms with van der Waals surface area (Å²) in [6, 6.07) is 5.55. The van der Waals surface area contributed by atoms with Gasteiger partial charge in [0.1, 0.15) is 0 Å². The van der Waals surface area contributed by atoms with E-state index in [0.29, 0.717) is 11.6 Å². The van der Waals surface area contributed by atoms with Gasteiger partial charge in [-0.3, -0.25) is 0 Å². The average Bonchev–Trinajstić information content (AvgIpc) is 2.75. The van der Waals surface area contributed by atoms with Gasteiger partial charge in [-0.25, -0.2) is 4.68 Å². The van der Waals surface area contributed by atoms with Crippen LogP contribution in [0.2, 0.25) is 5.02 Å². The molecule has 0 saturated carbocycles. The van der Waals surface area contributed by atoms with Crippen molar-refractivity contribution in [3.63, 3.8) is 0 Å². The standard InChI is InChI=1S/C11H12BrClN4/c12-10-6-8(13)3-4-11(10)17-7-9(15-16-17)2-1-5-14/h3-4,6-7H,1-2,5,14H2. The third-order valence-corrected chi connectivity index (χ3v) is 3.20. The highest BCUT2D eigenvalue weighted by atomic mass is 79.9. The van der Waals surface area contributed by atoms with Crippen LogP contribution in [-0.2, 0) is 6.42 Å². The Morgan fingerprint density at radius 1 is 1.41 bits per heavy atom. The molecule has 0 aliphatic carbocycles. The highest BCUT2D eigenvalue weighted by Gasteiger charge is 2.06. The second-order valence-electron chi connectivity index (χ2n) is 3.64. The molecule has 0 radical (unpaired) electrons. The number of aryl methyl sites for hydroxylation is 1. The number of benzene rings is 1. The molecule has 6 heteroatoms. The van der Waals surface area contributed by atoms with Gasteiger partial charge < -0.3 is 5.73 Å². The fraction of sp³-hybridized carbons (Fsp3) is 0.273. The SMILES string of the molecule is NCCCc1cn(-c2ccc(Cl)cc2Br)nn1. The molecule has 1 aromatic heterocycles. The Kier molecular flexibility index (Phi) is 4.15. The van der Waals surface area contributed by atoms with Gasteiger partial charge in [0.25, 0.3) is 0 Å². The lowest BCUT2D eigenvalue weighted by Gasteiger charge is -2.03. The zero-order valence-corrected chi connectivity index (χ0v) is 11.4. The minimum atomic E-state index is 0.664. The van der Waals surface area contributed by atoms with E-state index in [0.717, 1.165) is 28.7 Å². The Morgan fingerprint density at radius 2 is 2.24 bits per heavy atom. The molecule has 0 spiro atoms. The summed E-state index contributed by atoms with van der Waals surface area (Å²) in [5, 5.41) is 8.86. The van der Waals surface area contributed by atoms with Crippen LogP contribution in [0.25, 0.3) is 5.69 Å². The first-order valence-electron chi connectivity index (χ1n) is 5.27. The van der Waals surface area contributed by atoms with Gasteiger partial charge in [0.05, 0.1) is 17.6 Å². The molecule has 0 atom stereocenters. The highest BCUT2D eigenvalue weighted by molar-refractivity contribution is 9.10. The second-order valence-corrected chi connectivity index (χ2v) is 4.93. The molecule has 0 unspecified atom stereocenters. The molecule has 1 heterocycles. The smallest absolute Gasteiger partial charge is 0.0832 e. The third-order valence-electron chi connectivity index (χ3n) is 2.33. The van der Waals surface area contributed by atoms with Gasteiger partial charge in [-0.2, -0.15) is 0 Å². The molecule has 4 nitrogen and oxygen atoms in total. The summed E-state index contributed by atoms with van der Waals surface area (Å²) in [7, 11) is 0. The highest BCUT2D eigenvalue weighted by Crippen LogP contribution is 2.24. The van der Waals surface area contributed by atoms with Crippen molar-refractivity contribution in [2.24, 2.45) is 5.73 Å². The molecule has 0 aliphatic heterocycles. The summed E-state index contributed by atoms with van der Waals surface area (Å²) in [6.07, 6.45) is 3.67. The van der Waals surface area contributed by atoms with Crippen LogP contribution in [0.15, 0.2) is 28.9 Å². The lowest BCUT2D eigenvalue weighted by Crippen LogP contribution is -2.00. The summed E-state index contributed by atoms with van der Waals surface area (Å²) in [6.45, 7) is 0.664. The van der Waals surface area contributed by atoms with Crippen LogP contribution in [0.5, 0.6) is 0 Å². The van der Waals surface area contributed by atoms with Gasteiger partial charge in [0.15, 0.2) is 0 Å². The van der Waals surface area contributed by atoms with E-state index in [-0.39, 0.29) is 0 Å². The third kappa shape index (κ3) is 3.06. The van der Waals surface area contributed by atoms with E-state index in [4.69, 9.17) is 17.3 Å². The van der Waals surface area contributed by atoms with Crippen LogP contribution in [0, 0.1) is 0 Å². The average molecular weight is 316 g/mol. The molecule has 0 aliphatic rings. The van der Waals surface area contributed by atoms with Gasteiger partial charge in [0, 0.05) is 9.50 Å². The fourth-order valence-corrected chi connectivity index (χ4v) is 2.35. The molecule has 0 amide bonds. The largest absolute Gasteiger partial charge is 0.330 e. The summed E-state index contributed by atoms with van der Waals surface area (Å²) >= 11 is 9.34. The van der Waals surface area contributed by atoms with Crippen molar-refractivity contribution in [2.45, 2.75) is 12.8 Å². The van der Waals surface area contributed by atoms with Gasteiger partial charge in [-0.1, -0.05) is 16.8 Å². The molecule has 17 heavy (non-hydrogen) atoms. The van der Waals surface area contributed by atoms with Crippen LogP contribution >= 0.6 is 27.5 Å². The zero-order valence-electron chi connectivity index (χ0n) is 9.11.